The van der Waals surface area contributed by atoms with Gasteiger partial charge >= 0.3 is 6.09 Å². The Morgan fingerprint density at radius 2 is 1.69 bits per heavy atom. The normalized spacial score (nSPS) is 15.5. The third-order valence-electron chi connectivity index (χ3n) is 5.21. The number of amides is 1. The maximum Gasteiger partial charge on any atom is 0.408 e. The number of piperazine rings is 1. The van der Waals surface area contributed by atoms with Crippen LogP contribution in [0.5, 0.6) is 0 Å². The van der Waals surface area contributed by atoms with Gasteiger partial charge in [-0.3, -0.25) is 9.69 Å². The van der Waals surface area contributed by atoms with Crippen molar-refractivity contribution < 1.29 is 18.8 Å². The van der Waals surface area contributed by atoms with E-state index in [-0.39, 0.29) is 5.78 Å². The number of Topliss-reactive ketones (excluding diaryl/α,β-unsaturated/α-hetero) is 1. The van der Waals surface area contributed by atoms with Crippen molar-refractivity contribution in [3.05, 3.63) is 41.5 Å². The molecule has 3 rings (SSSR count). The van der Waals surface area contributed by atoms with Crippen LogP contribution in [0.2, 0.25) is 0 Å². The number of rotatable bonds is 6. The Balaban J connectivity index is 1.52. The van der Waals surface area contributed by atoms with Crippen LogP contribution in [0.15, 0.2) is 28.8 Å². The number of nitrogens with zero attached hydrogens (tertiary/aromatic N) is 4. The van der Waals surface area contributed by atoms with Crippen LogP contribution in [0.1, 0.15) is 63.6 Å². The molecule has 174 valence electrons. The van der Waals surface area contributed by atoms with Gasteiger partial charge in [-0.25, -0.2) is 4.79 Å². The molecule has 1 fully saturated rings. The number of hydrogen-bond acceptors (Lipinski definition) is 8. The first-order valence-corrected chi connectivity index (χ1v) is 10.9. The molecule has 32 heavy (non-hydrogen) atoms. The average Bonchev–Trinajstić information content (AvgIpc) is 3.16. The summed E-state index contributed by atoms with van der Waals surface area (Å²) in [5, 5.41) is 6.86. The monoisotopic (exact) mass is 443 g/mol. The lowest BCUT2D eigenvalue weighted by Gasteiger charge is -2.35. The van der Waals surface area contributed by atoms with E-state index in [1.54, 1.807) is 6.92 Å². The highest BCUT2D eigenvalue weighted by Gasteiger charge is 2.31. The molecule has 0 radical (unpaired) electrons. The zero-order valence-electron chi connectivity index (χ0n) is 19.8. The van der Waals surface area contributed by atoms with Gasteiger partial charge in [0.25, 0.3) is 0 Å². The molecule has 1 amide bonds. The van der Waals surface area contributed by atoms with Crippen molar-refractivity contribution in [1.82, 2.24) is 20.4 Å². The van der Waals surface area contributed by atoms with Gasteiger partial charge in [0, 0.05) is 37.4 Å². The summed E-state index contributed by atoms with van der Waals surface area (Å²) in [6.45, 7) is 14.6. The topological polar surface area (TPSA) is 101 Å². The van der Waals surface area contributed by atoms with Crippen LogP contribution in [0.4, 0.5) is 10.5 Å². The summed E-state index contributed by atoms with van der Waals surface area (Å²) in [4.78, 5) is 32.6. The van der Waals surface area contributed by atoms with Gasteiger partial charge in [0.05, 0.1) is 6.54 Å². The number of hydrogen-bond donors (Lipinski definition) is 1. The number of nitrogens with one attached hydrogen (secondary N) is 1. The highest BCUT2D eigenvalue weighted by atomic mass is 16.6. The summed E-state index contributed by atoms with van der Waals surface area (Å²) in [5.41, 5.74) is 0.433. The third-order valence-corrected chi connectivity index (χ3v) is 5.21. The Morgan fingerprint density at radius 1 is 1.06 bits per heavy atom. The second kappa shape index (κ2) is 9.28. The first-order chi connectivity index (χ1) is 14.9. The van der Waals surface area contributed by atoms with Crippen LogP contribution >= 0.6 is 0 Å². The van der Waals surface area contributed by atoms with Gasteiger partial charge < -0.3 is 19.5 Å². The summed E-state index contributed by atoms with van der Waals surface area (Å²) in [7, 11) is 0. The molecule has 0 spiro atoms. The molecule has 1 aliphatic rings. The van der Waals surface area contributed by atoms with Gasteiger partial charge in [-0.05, 0) is 65.8 Å². The average molecular weight is 444 g/mol. The van der Waals surface area contributed by atoms with Crippen LogP contribution in [0.3, 0.4) is 0 Å². The molecule has 1 saturated heterocycles. The maximum atomic E-state index is 12.1. The second-order valence-electron chi connectivity index (χ2n) is 9.63. The summed E-state index contributed by atoms with van der Waals surface area (Å²) in [6, 6.07) is 7.74. The largest absolute Gasteiger partial charge is 0.444 e. The van der Waals surface area contributed by atoms with E-state index >= 15 is 0 Å². The van der Waals surface area contributed by atoms with Gasteiger partial charge in [0.1, 0.15) is 11.1 Å². The van der Waals surface area contributed by atoms with Gasteiger partial charge in [-0.15, -0.1) is 0 Å². The molecule has 0 atom stereocenters. The van der Waals surface area contributed by atoms with Gasteiger partial charge in [-0.1, -0.05) is 5.16 Å². The van der Waals surface area contributed by atoms with Gasteiger partial charge in [0.2, 0.25) is 5.89 Å². The maximum absolute atomic E-state index is 12.1. The molecule has 1 aromatic carbocycles. The van der Waals surface area contributed by atoms with Crippen LogP contribution in [0.25, 0.3) is 0 Å². The minimum absolute atomic E-state index is 0.0739. The van der Waals surface area contributed by atoms with Crippen molar-refractivity contribution in [2.24, 2.45) is 0 Å². The third kappa shape index (κ3) is 6.29. The fraction of sp³-hybridized carbons (Fsp3) is 0.565. The summed E-state index contributed by atoms with van der Waals surface area (Å²) >= 11 is 0. The lowest BCUT2D eigenvalue weighted by Crippen LogP contribution is -2.46. The van der Waals surface area contributed by atoms with Gasteiger partial charge in [-0.2, -0.15) is 4.98 Å². The van der Waals surface area contributed by atoms with Crippen molar-refractivity contribution in [2.45, 2.75) is 59.2 Å². The van der Waals surface area contributed by atoms with E-state index < -0.39 is 17.2 Å². The Kier molecular flexibility index (Phi) is 6.88. The van der Waals surface area contributed by atoms with Crippen LogP contribution < -0.4 is 10.2 Å². The minimum atomic E-state index is -0.825. The molecule has 1 N–H and O–H groups in total. The Labute approximate surface area is 189 Å². The van der Waals surface area contributed by atoms with Crippen LogP contribution in [-0.2, 0) is 16.8 Å². The fourth-order valence-corrected chi connectivity index (χ4v) is 3.45. The SMILES string of the molecule is CC(=O)c1ccc(N2CCN(Cc3nc(C(C)(C)NC(=O)OC(C)(C)C)no3)CC2)cc1. The quantitative estimate of drug-likeness (QED) is 0.679. The number of aromatic nitrogens is 2. The lowest BCUT2D eigenvalue weighted by atomic mass is 10.1. The minimum Gasteiger partial charge on any atom is -0.444 e. The Bertz CT molecular complexity index is 938. The van der Waals surface area contributed by atoms with Crippen molar-refractivity contribution in [1.29, 1.82) is 0 Å². The Morgan fingerprint density at radius 3 is 2.25 bits per heavy atom. The van der Waals surface area contributed by atoms with Crippen molar-refractivity contribution in [3.63, 3.8) is 0 Å². The zero-order chi connectivity index (χ0) is 23.5. The highest BCUT2D eigenvalue weighted by molar-refractivity contribution is 5.94. The Hall–Kier alpha value is -2.94. The van der Waals surface area contributed by atoms with E-state index in [9.17, 15) is 9.59 Å². The van der Waals surface area contributed by atoms with Crippen LogP contribution in [0, 0.1) is 0 Å². The van der Waals surface area contributed by atoms with E-state index in [0.29, 0.717) is 18.3 Å². The van der Waals surface area contributed by atoms with Crippen molar-refractivity contribution in [3.8, 4) is 0 Å². The molecule has 9 nitrogen and oxygen atoms in total. The molecule has 0 saturated carbocycles. The molecule has 1 aliphatic heterocycles. The number of ketones is 1. The van der Waals surface area contributed by atoms with E-state index in [1.165, 1.54) is 0 Å². The first-order valence-electron chi connectivity index (χ1n) is 10.9. The number of anilines is 1. The van der Waals surface area contributed by atoms with Crippen molar-refractivity contribution >= 4 is 17.6 Å². The van der Waals surface area contributed by atoms with Gasteiger partial charge in [0.15, 0.2) is 11.6 Å². The summed E-state index contributed by atoms with van der Waals surface area (Å²) in [6.07, 6.45) is -0.527. The molecule has 9 heteroatoms. The molecule has 2 heterocycles. The smallest absolute Gasteiger partial charge is 0.408 e. The molecular formula is C23H33N5O4. The number of carbonyl (C=O) groups is 2. The molecular weight excluding hydrogens is 410 g/mol. The molecule has 0 unspecified atom stereocenters. The van der Waals surface area contributed by atoms with Crippen LogP contribution in [-0.4, -0.2) is 58.7 Å². The lowest BCUT2D eigenvalue weighted by molar-refractivity contribution is 0.0465. The number of ether oxygens (including phenoxy) is 1. The molecule has 0 bridgehead atoms. The predicted molar refractivity (Wildman–Crippen MR) is 121 cm³/mol. The predicted octanol–water partition coefficient (Wildman–Crippen LogP) is 3.35. The number of alkyl carbamates (subject to hydrolysis) is 1. The molecule has 1 aromatic heterocycles. The van der Waals surface area contributed by atoms with E-state index in [1.807, 2.05) is 58.9 Å². The number of carbonyl (C=O) groups excluding carboxylic acids is 2. The van der Waals surface area contributed by atoms with E-state index in [4.69, 9.17) is 9.26 Å². The molecule has 2 aromatic rings. The van der Waals surface area contributed by atoms with E-state index in [2.05, 4.69) is 25.3 Å². The summed E-state index contributed by atoms with van der Waals surface area (Å²) in [5.74, 6) is 0.991. The summed E-state index contributed by atoms with van der Waals surface area (Å²) < 4.78 is 10.8. The molecule has 0 aliphatic carbocycles. The first kappa shape index (κ1) is 23.7. The zero-order valence-corrected chi connectivity index (χ0v) is 19.8. The van der Waals surface area contributed by atoms with E-state index in [0.717, 1.165) is 37.4 Å². The highest BCUT2D eigenvalue weighted by Crippen LogP contribution is 2.21. The van der Waals surface area contributed by atoms with Crippen molar-refractivity contribution in [2.75, 3.05) is 31.1 Å². The second-order valence-corrected chi connectivity index (χ2v) is 9.63. The number of benzene rings is 1. The standard InChI is InChI=1S/C23H33N5O4/c1-16(29)17-7-9-18(10-8-17)28-13-11-27(12-14-28)15-19-24-20(26-32-19)23(5,6)25-21(30)31-22(2,3)4/h7-10H,11-15H2,1-6H3,(H,25,30). The fourth-order valence-electron chi connectivity index (χ4n) is 3.45.